The summed E-state index contributed by atoms with van der Waals surface area (Å²) in [4.78, 5) is 1.43. The van der Waals surface area contributed by atoms with Gasteiger partial charge in [-0.2, -0.15) is 0 Å². The van der Waals surface area contributed by atoms with Crippen LogP contribution >= 0.6 is 11.3 Å². The summed E-state index contributed by atoms with van der Waals surface area (Å²) in [5, 5.41) is 14.9. The molecule has 0 radical (unpaired) electrons. The van der Waals surface area contributed by atoms with Gasteiger partial charge in [0.15, 0.2) is 0 Å². The summed E-state index contributed by atoms with van der Waals surface area (Å²) in [6, 6.07) is 4.27. The normalized spacial score (nSPS) is 26.9. The number of nitrogens with one attached hydrogen (secondary N) is 1. The minimum absolute atomic E-state index is 0.157. The molecule has 1 aliphatic rings. The third kappa shape index (κ3) is 2.16. The van der Waals surface area contributed by atoms with Crippen molar-refractivity contribution in [2.75, 3.05) is 19.7 Å². The van der Waals surface area contributed by atoms with Gasteiger partial charge in [-0.25, -0.2) is 0 Å². The van der Waals surface area contributed by atoms with E-state index < -0.39 is 0 Å². The molecule has 2 N–H and O–H groups in total. The number of thiophene rings is 1. The summed E-state index contributed by atoms with van der Waals surface area (Å²) in [5.41, 5.74) is 0.157. The lowest BCUT2D eigenvalue weighted by molar-refractivity contribution is 0.134. The second-order valence-electron chi connectivity index (χ2n) is 4.16. The summed E-state index contributed by atoms with van der Waals surface area (Å²) < 4.78 is 0. The van der Waals surface area contributed by atoms with E-state index in [2.05, 4.69) is 22.8 Å². The van der Waals surface area contributed by atoms with Gasteiger partial charge in [0.1, 0.15) is 0 Å². The third-order valence-corrected chi connectivity index (χ3v) is 4.09. The van der Waals surface area contributed by atoms with Crippen LogP contribution in [-0.2, 0) is 6.42 Å². The van der Waals surface area contributed by atoms with Crippen LogP contribution in [-0.4, -0.2) is 24.8 Å². The fourth-order valence-corrected chi connectivity index (χ4v) is 2.78. The van der Waals surface area contributed by atoms with Crippen molar-refractivity contribution in [2.45, 2.75) is 19.3 Å². The van der Waals surface area contributed by atoms with Crippen molar-refractivity contribution in [2.24, 2.45) is 5.41 Å². The Bertz CT molecular complexity index is 265. The first kappa shape index (κ1) is 10.1. The topological polar surface area (TPSA) is 32.3 Å². The van der Waals surface area contributed by atoms with Crippen LogP contribution in [0, 0.1) is 5.41 Å². The van der Waals surface area contributed by atoms with Crippen LogP contribution in [0.1, 0.15) is 17.7 Å². The number of hydrogen-bond donors (Lipinski definition) is 2. The number of aryl methyl sites for hydroxylation is 1. The first-order valence-corrected chi connectivity index (χ1v) is 6.07. The van der Waals surface area contributed by atoms with E-state index in [0.717, 1.165) is 32.4 Å². The van der Waals surface area contributed by atoms with E-state index in [1.807, 2.05) is 11.3 Å². The highest BCUT2D eigenvalue weighted by Crippen LogP contribution is 2.31. The Hall–Kier alpha value is -0.380. The molecule has 0 aliphatic carbocycles. The number of hydrogen-bond acceptors (Lipinski definition) is 3. The van der Waals surface area contributed by atoms with E-state index in [1.165, 1.54) is 4.88 Å². The fourth-order valence-electron chi connectivity index (χ4n) is 2.07. The highest BCUT2D eigenvalue weighted by atomic mass is 32.1. The van der Waals surface area contributed by atoms with E-state index in [4.69, 9.17) is 0 Å². The molecule has 0 bridgehead atoms. The number of aliphatic hydroxyl groups excluding tert-OH is 1. The Morgan fingerprint density at radius 2 is 2.50 bits per heavy atom. The van der Waals surface area contributed by atoms with Gasteiger partial charge >= 0.3 is 0 Å². The molecule has 1 saturated heterocycles. The van der Waals surface area contributed by atoms with Gasteiger partial charge in [0.05, 0.1) is 0 Å². The van der Waals surface area contributed by atoms with Crippen molar-refractivity contribution in [1.29, 1.82) is 0 Å². The average molecular weight is 211 g/mol. The second kappa shape index (κ2) is 4.43. The molecule has 1 aliphatic heterocycles. The minimum Gasteiger partial charge on any atom is -0.396 e. The van der Waals surface area contributed by atoms with Gasteiger partial charge in [0.25, 0.3) is 0 Å². The molecule has 14 heavy (non-hydrogen) atoms. The summed E-state index contributed by atoms with van der Waals surface area (Å²) >= 11 is 1.81. The molecule has 1 unspecified atom stereocenters. The van der Waals surface area contributed by atoms with Crippen molar-refractivity contribution < 1.29 is 5.11 Å². The first-order chi connectivity index (χ1) is 6.85. The summed E-state index contributed by atoms with van der Waals surface area (Å²) in [6.45, 7) is 2.37. The lowest BCUT2D eigenvalue weighted by atomic mass is 9.83. The Balaban J connectivity index is 1.89. The highest BCUT2D eigenvalue weighted by molar-refractivity contribution is 7.09. The summed E-state index contributed by atoms with van der Waals surface area (Å²) in [6.07, 6.45) is 3.34. The third-order valence-electron chi connectivity index (χ3n) is 3.15. The first-order valence-electron chi connectivity index (χ1n) is 5.19. The lowest BCUT2D eigenvalue weighted by Gasteiger charge is -2.24. The molecule has 1 aromatic heterocycles. The van der Waals surface area contributed by atoms with Gasteiger partial charge in [0, 0.05) is 23.4 Å². The Labute approximate surface area is 89.0 Å². The molecule has 78 valence electrons. The molecular formula is C11H17NOS. The van der Waals surface area contributed by atoms with E-state index in [1.54, 1.807) is 0 Å². The maximum atomic E-state index is 9.41. The average Bonchev–Trinajstić information content (AvgIpc) is 2.87. The zero-order chi connectivity index (χ0) is 9.86. The van der Waals surface area contributed by atoms with Crippen molar-refractivity contribution >= 4 is 11.3 Å². The highest BCUT2D eigenvalue weighted by Gasteiger charge is 2.32. The SMILES string of the molecule is OCC1(CCc2cccs2)CCNC1. The van der Waals surface area contributed by atoms with Crippen molar-refractivity contribution in [3.63, 3.8) is 0 Å². The monoisotopic (exact) mass is 211 g/mol. The lowest BCUT2D eigenvalue weighted by Crippen LogP contribution is -2.28. The van der Waals surface area contributed by atoms with Crippen LogP contribution < -0.4 is 5.32 Å². The zero-order valence-electron chi connectivity index (χ0n) is 8.33. The molecule has 1 aromatic rings. The van der Waals surface area contributed by atoms with Crippen LogP contribution in [0.3, 0.4) is 0 Å². The predicted molar refractivity (Wildman–Crippen MR) is 59.6 cm³/mol. The van der Waals surface area contributed by atoms with Crippen LogP contribution in [0.15, 0.2) is 17.5 Å². The zero-order valence-corrected chi connectivity index (χ0v) is 9.15. The summed E-state index contributed by atoms with van der Waals surface area (Å²) in [5.74, 6) is 0. The van der Waals surface area contributed by atoms with E-state index in [-0.39, 0.29) is 5.41 Å². The van der Waals surface area contributed by atoms with Crippen molar-refractivity contribution in [1.82, 2.24) is 5.32 Å². The fraction of sp³-hybridized carbons (Fsp3) is 0.636. The maximum absolute atomic E-state index is 9.41. The van der Waals surface area contributed by atoms with Crippen LogP contribution in [0.4, 0.5) is 0 Å². The predicted octanol–water partition coefficient (Wildman–Crippen LogP) is 1.65. The van der Waals surface area contributed by atoms with Crippen LogP contribution in [0.2, 0.25) is 0 Å². The van der Waals surface area contributed by atoms with Gasteiger partial charge in [-0.3, -0.25) is 0 Å². The summed E-state index contributed by atoms with van der Waals surface area (Å²) in [7, 11) is 0. The van der Waals surface area contributed by atoms with Gasteiger partial charge in [-0.15, -0.1) is 11.3 Å². The van der Waals surface area contributed by atoms with Crippen molar-refractivity contribution in [3.05, 3.63) is 22.4 Å². The van der Waals surface area contributed by atoms with Crippen molar-refractivity contribution in [3.8, 4) is 0 Å². The van der Waals surface area contributed by atoms with Gasteiger partial charge in [0.2, 0.25) is 0 Å². The molecule has 2 heterocycles. The van der Waals surface area contributed by atoms with Gasteiger partial charge in [-0.1, -0.05) is 6.07 Å². The smallest absolute Gasteiger partial charge is 0.0500 e. The molecule has 2 nitrogen and oxygen atoms in total. The molecule has 0 saturated carbocycles. The molecular weight excluding hydrogens is 194 g/mol. The Kier molecular flexibility index (Phi) is 3.21. The number of aliphatic hydroxyl groups is 1. The molecule has 1 fully saturated rings. The largest absolute Gasteiger partial charge is 0.396 e. The number of rotatable bonds is 4. The molecule has 0 amide bonds. The van der Waals surface area contributed by atoms with Gasteiger partial charge < -0.3 is 10.4 Å². The second-order valence-corrected chi connectivity index (χ2v) is 5.20. The van der Waals surface area contributed by atoms with E-state index >= 15 is 0 Å². The standard InChI is InChI=1S/C11H17NOS/c13-9-11(5-6-12-8-11)4-3-10-2-1-7-14-10/h1-2,7,12-13H,3-6,8-9H2. The van der Waals surface area contributed by atoms with E-state index in [9.17, 15) is 5.11 Å². The maximum Gasteiger partial charge on any atom is 0.0500 e. The quantitative estimate of drug-likeness (QED) is 0.794. The van der Waals surface area contributed by atoms with E-state index in [0.29, 0.717) is 6.61 Å². The molecule has 1 atom stereocenters. The minimum atomic E-state index is 0.157. The van der Waals surface area contributed by atoms with Crippen LogP contribution in [0.25, 0.3) is 0 Å². The molecule has 0 aromatic carbocycles. The van der Waals surface area contributed by atoms with Gasteiger partial charge in [-0.05, 0) is 37.3 Å². The Morgan fingerprint density at radius 3 is 3.07 bits per heavy atom. The molecule has 2 rings (SSSR count). The molecule has 3 heteroatoms. The van der Waals surface area contributed by atoms with Crippen LogP contribution in [0.5, 0.6) is 0 Å². The molecule has 0 spiro atoms. The Morgan fingerprint density at radius 1 is 1.57 bits per heavy atom.